The zero-order valence-corrected chi connectivity index (χ0v) is 9.27. The quantitative estimate of drug-likeness (QED) is 0.433. The molecule has 0 aliphatic carbocycles. The van der Waals surface area contributed by atoms with Crippen molar-refractivity contribution in [3.05, 3.63) is 34.4 Å². The van der Waals surface area contributed by atoms with Crippen molar-refractivity contribution in [2.75, 3.05) is 12.5 Å². The molecule has 0 spiro atoms. The number of benzene rings is 1. The number of rotatable bonds is 3. The van der Waals surface area contributed by atoms with Crippen molar-refractivity contribution >= 4 is 22.8 Å². The number of nitro groups is 1. The van der Waals surface area contributed by atoms with Gasteiger partial charge >= 0.3 is 7.12 Å². The van der Waals surface area contributed by atoms with E-state index in [1.165, 1.54) is 12.1 Å². The maximum atomic E-state index is 10.8. The molecule has 2 N–H and O–H groups in total. The van der Waals surface area contributed by atoms with Crippen LogP contribution in [0.15, 0.2) is 29.2 Å². The van der Waals surface area contributed by atoms with E-state index in [0.29, 0.717) is 4.90 Å². The van der Waals surface area contributed by atoms with Gasteiger partial charge in [-0.3, -0.25) is 10.1 Å². The van der Waals surface area contributed by atoms with E-state index in [1.54, 1.807) is 24.6 Å². The standard InChI is InChI=1S/C8H12BNO4S/c1-15(2,10(13)14)8-5-3-4-7(6-8)9(11)12/h3-6,11-12H,1-2H3. The molecule has 82 valence electrons. The number of nitrogens with zero attached hydrogens (tertiary/aromatic N) is 1. The SMILES string of the molecule is CS(C)(c1cccc(B(O)O)c1)[N+](=O)[O-]. The fourth-order valence-corrected chi connectivity index (χ4v) is 2.08. The molecule has 0 atom stereocenters. The second-order valence-corrected chi connectivity index (χ2v) is 6.76. The normalized spacial score (nSPS) is 12.3. The maximum Gasteiger partial charge on any atom is 0.488 e. The Hall–Kier alpha value is -1.05. The van der Waals surface area contributed by atoms with E-state index in [2.05, 4.69) is 0 Å². The molecular formula is C8H12BNO4S. The second-order valence-electron chi connectivity index (χ2n) is 3.44. The molecule has 1 rings (SSSR count). The van der Waals surface area contributed by atoms with E-state index < -0.39 is 17.3 Å². The van der Waals surface area contributed by atoms with Gasteiger partial charge in [0.25, 0.3) is 0 Å². The van der Waals surface area contributed by atoms with E-state index in [4.69, 9.17) is 10.0 Å². The molecule has 1 aromatic rings. The summed E-state index contributed by atoms with van der Waals surface area (Å²) < 4.78 is -0.324. The van der Waals surface area contributed by atoms with Crippen molar-refractivity contribution < 1.29 is 14.4 Å². The third-order valence-corrected chi connectivity index (χ3v) is 4.26. The summed E-state index contributed by atoms with van der Waals surface area (Å²) in [5.41, 5.74) is 0.273. The van der Waals surface area contributed by atoms with Crippen LogP contribution in [0.3, 0.4) is 0 Å². The van der Waals surface area contributed by atoms with Crippen LogP contribution in [-0.4, -0.2) is 34.0 Å². The van der Waals surface area contributed by atoms with Gasteiger partial charge in [-0.15, -0.1) is 0 Å². The van der Waals surface area contributed by atoms with Crippen molar-refractivity contribution in [1.29, 1.82) is 0 Å². The Morgan fingerprint density at radius 1 is 1.40 bits per heavy atom. The average molecular weight is 229 g/mol. The minimum atomic E-state index is -2.13. The summed E-state index contributed by atoms with van der Waals surface area (Å²) in [5.74, 6) is 0. The predicted octanol–water partition coefficient (Wildman–Crippen LogP) is -0.0188. The topological polar surface area (TPSA) is 83.6 Å². The van der Waals surface area contributed by atoms with Crippen LogP contribution in [0.4, 0.5) is 0 Å². The first kappa shape index (κ1) is 12.0. The minimum absolute atomic E-state index is 0.273. The van der Waals surface area contributed by atoms with Crippen LogP contribution in [0.25, 0.3) is 0 Å². The van der Waals surface area contributed by atoms with Gasteiger partial charge in [0.2, 0.25) is 0 Å². The molecule has 0 amide bonds. The Balaban J connectivity index is 3.16. The molecule has 0 saturated carbocycles. The summed E-state index contributed by atoms with van der Waals surface area (Å²) in [6.07, 6.45) is 3.10. The molecule has 15 heavy (non-hydrogen) atoms. The van der Waals surface area contributed by atoms with E-state index in [0.717, 1.165) is 0 Å². The van der Waals surface area contributed by atoms with Crippen LogP contribution in [0, 0.1) is 10.1 Å². The summed E-state index contributed by atoms with van der Waals surface area (Å²) in [6.45, 7) is 0. The third kappa shape index (κ3) is 2.50. The van der Waals surface area contributed by atoms with E-state index in [1.807, 2.05) is 0 Å². The van der Waals surface area contributed by atoms with Crippen molar-refractivity contribution in [2.45, 2.75) is 4.90 Å². The van der Waals surface area contributed by atoms with Crippen LogP contribution < -0.4 is 5.46 Å². The molecule has 0 fully saturated rings. The number of hydrogen-bond acceptors (Lipinski definition) is 4. The van der Waals surface area contributed by atoms with Gasteiger partial charge in [0.05, 0.1) is 9.22 Å². The number of hydrogen-bond donors (Lipinski definition) is 2. The molecule has 0 aliphatic heterocycles. The Kier molecular flexibility index (Phi) is 3.38. The highest BCUT2D eigenvalue weighted by molar-refractivity contribution is 8.27. The van der Waals surface area contributed by atoms with Gasteiger partial charge in [-0.1, -0.05) is 12.1 Å². The highest BCUT2D eigenvalue weighted by atomic mass is 32.3. The average Bonchev–Trinajstić information content (AvgIpc) is 2.17. The first-order chi connectivity index (χ1) is 6.85. The second kappa shape index (κ2) is 4.22. The monoisotopic (exact) mass is 229 g/mol. The summed E-state index contributed by atoms with van der Waals surface area (Å²) in [7, 11) is -3.72. The molecule has 0 saturated heterocycles. The largest absolute Gasteiger partial charge is 0.488 e. The van der Waals surface area contributed by atoms with Crippen LogP contribution >= 0.6 is 10.2 Å². The first-order valence-corrected chi connectivity index (χ1v) is 6.60. The Labute approximate surface area is 89.5 Å². The lowest BCUT2D eigenvalue weighted by molar-refractivity contribution is -0.295. The molecule has 0 radical (unpaired) electrons. The molecule has 1 aromatic carbocycles. The van der Waals surface area contributed by atoms with Gasteiger partial charge in [0.15, 0.2) is 0 Å². The van der Waals surface area contributed by atoms with Crippen molar-refractivity contribution in [3.8, 4) is 0 Å². The lowest BCUT2D eigenvalue weighted by atomic mass is 9.80. The van der Waals surface area contributed by atoms with Crippen LogP contribution in [0.1, 0.15) is 0 Å². The van der Waals surface area contributed by atoms with E-state index >= 15 is 0 Å². The maximum absolute atomic E-state index is 10.8. The molecule has 0 bridgehead atoms. The smallest absolute Gasteiger partial charge is 0.423 e. The lowest BCUT2D eigenvalue weighted by Gasteiger charge is -2.21. The summed E-state index contributed by atoms with van der Waals surface area (Å²) in [5, 5.41) is 28.7. The van der Waals surface area contributed by atoms with Gasteiger partial charge in [0, 0.05) is 22.7 Å². The fourth-order valence-electron chi connectivity index (χ4n) is 1.07. The molecule has 0 aromatic heterocycles. The van der Waals surface area contributed by atoms with Gasteiger partial charge in [-0.25, -0.2) is 0 Å². The third-order valence-electron chi connectivity index (χ3n) is 2.11. The molecule has 0 heterocycles. The zero-order valence-electron chi connectivity index (χ0n) is 8.45. The molecule has 0 unspecified atom stereocenters. The van der Waals surface area contributed by atoms with E-state index in [9.17, 15) is 10.1 Å². The predicted molar refractivity (Wildman–Crippen MR) is 61.0 cm³/mol. The summed E-state index contributed by atoms with van der Waals surface area (Å²) in [6, 6.07) is 6.19. The van der Waals surface area contributed by atoms with Crippen LogP contribution in [0.2, 0.25) is 0 Å². The van der Waals surface area contributed by atoms with Gasteiger partial charge < -0.3 is 10.0 Å². The highest BCUT2D eigenvalue weighted by Gasteiger charge is 2.27. The van der Waals surface area contributed by atoms with Gasteiger partial charge in [-0.2, -0.15) is 0 Å². The van der Waals surface area contributed by atoms with Gasteiger partial charge in [-0.05, 0) is 17.6 Å². The first-order valence-electron chi connectivity index (χ1n) is 4.19. The zero-order chi connectivity index (χ0) is 11.6. The molecule has 5 nitrogen and oxygen atoms in total. The van der Waals surface area contributed by atoms with Crippen LogP contribution in [-0.2, 0) is 0 Å². The van der Waals surface area contributed by atoms with Crippen molar-refractivity contribution in [3.63, 3.8) is 0 Å². The highest BCUT2D eigenvalue weighted by Crippen LogP contribution is 2.48. The van der Waals surface area contributed by atoms with Crippen LogP contribution in [0.5, 0.6) is 0 Å². The van der Waals surface area contributed by atoms with Gasteiger partial charge in [0.1, 0.15) is 0 Å². The molecular weight excluding hydrogens is 217 g/mol. The van der Waals surface area contributed by atoms with Crippen molar-refractivity contribution in [2.24, 2.45) is 0 Å². The summed E-state index contributed by atoms with van der Waals surface area (Å²) in [4.78, 5) is 11.3. The Bertz CT molecular complexity index is 383. The Morgan fingerprint density at radius 2 is 2.00 bits per heavy atom. The summed E-state index contributed by atoms with van der Waals surface area (Å²) >= 11 is 0. The van der Waals surface area contributed by atoms with Crippen molar-refractivity contribution in [1.82, 2.24) is 0 Å². The van der Waals surface area contributed by atoms with E-state index in [-0.39, 0.29) is 9.79 Å². The fraction of sp³-hybridized carbons (Fsp3) is 0.250. The minimum Gasteiger partial charge on any atom is -0.423 e. The Morgan fingerprint density at radius 3 is 2.47 bits per heavy atom. The lowest BCUT2D eigenvalue weighted by Crippen LogP contribution is -2.30. The molecule has 0 aliphatic rings. The molecule has 7 heteroatoms.